The second-order valence-corrected chi connectivity index (χ2v) is 17.8. The van der Waals surface area contributed by atoms with Gasteiger partial charge in [-0.3, -0.25) is 48.9 Å². The number of carbonyl (C=O) groups is 6. The molecule has 6 heterocycles. The number of nitrogens with zero attached hydrogens (tertiary/aromatic N) is 8. The number of urea groups is 1. The van der Waals surface area contributed by atoms with Crippen molar-refractivity contribution in [2.75, 3.05) is 71.7 Å². The number of carbonyl (C=O) groups excluding carboxylic acids is 6. The standard InChI is InChI=1S/C50H50F3N11O7/c1-30-13-14-34(56-44(66)31-9-7-10-33(25-31)50(51,52)53)26-38(30)63-29-32-27-55-48(59-43(32)60(2)49(63)70)57-35-15-17-40(54-28-35)62-22-20-61(21-23-62)19-5-3-4-6-24-71-39-12-8-11-36-42(39)47(69)64(46(36)68)37-16-18-41(65)58-45(37)67/h7-15,17,25-28,37H,3-6,16,18-24,29H2,1-2H3,(H,56,66)(H,55,57,59)(H,58,65,67). The molecule has 7 amide bonds. The molecule has 5 aromatic rings. The van der Waals surface area contributed by atoms with Crippen molar-refractivity contribution < 1.29 is 46.7 Å². The number of aromatic nitrogens is 3. The molecule has 4 aliphatic rings. The Kier molecular flexibility index (Phi) is 13.7. The van der Waals surface area contributed by atoms with E-state index >= 15 is 0 Å². The summed E-state index contributed by atoms with van der Waals surface area (Å²) in [5, 5.41) is 8.04. The highest BCUT2D eigenvalue weighted by Crippen LogP contribution is 2.36. The van der Waals surface area contributed by atoms with Crippen LogP contribution in [0.25, 0.3) is 0 Å². The lowest BCUT2D eigenvalue weighted by molar-refractivity contribution is -0.138. The molecule has 18 nitrogen and oxygen atoms in total. The summed E-state index contributed by atoms with van der Waals surface area (Å²) in [5.41, 5.74) is 2.13. The number of fused-ring (bicyclic) bond motifs is 2. The first-order chi connectivity index (χ1) is 34.1. The van der Waals surface area contributed by atoms with Gasteiger partial charge in [-0.1, -0.05) is 31.0 Å². The van der Waals surface area contributed by atoms with Gasteiger partial charge in [0, 0.05) is 62.7 Å². The molecule has 4 aliphatic heterocycles. The van der Waals surface area contributed by atoms with Crippen molar-refractivity contribution >= 4 is 70.2 Å². The Morgan fingerprint density at radius 3 is 2.39 bits per heavy atom. The first-order valence-electron chi connectivity index (χ1n) is 23.3. The summed E-state index contributed by atoms with van der Waals surface area (Å²) in [6, 6.07) is 16.4. The summed E-state index contributed by atoms with van der Waals surface area (Å²) in [6.45, 7) is 6.71. The lowest BCUT2D eigenvalue weighted by Crippen LogP contribution is -2.54. The monoisotopic (exact) mass is 973 g/mol. The van der Waals surface area contributed by atoms with Gasteiger partial charge in [0.05, 0.1) is 47.4 Å². The Bertz CT molecular complexity index is 2910. The van der Waals surface area contributed by atoms with Gasteiger partial charge in [-0.25, -0.2) is 14.8 Å². The van der Waals surface area contributed by atoms with Gasteiger partial charge in [-0.2, -0.15) is 18.2 Å². The van der Waals surface area contributed by atoms with Crippen molar-refractivity contribution in [3.8, 4) is 5.75 Å². The van der Waals surface area contributed by atoms with E-state index in [1.165, 1.54) is 21.9 Å². The van der Waals surface area contributed by atoms with E-state index in [-0.39, 0.29) is 48.1 Å². The van der Waals surface area contributed by atoms with Crippen LogP contribution < -0.4 is 35.4 Å². The number of nitrogens with one attached hydrogen (secondary N) is 3. The second kappa shape index (κ2) is 20.2. The minimum absolute atomic E-state index is 0.0532. The van der Waals surface area contributed by atoms with Crippen molar-refractivity contribution in [2.45, 2.75) is 64.2 Å². The summed E-state index contributed by atoms with van der Waals surface area (Å²) in [6.07, 6.45) is 2.61. The zero-order chi connectivity index (χ0) is 50.0. The Labute approximate surface area is 406 Å². The van der Waals surface area contributed by atoms with Crippen molar-refractivity contribution in [1.29, 1.82) is 0 Å². The Hall–Kier alpha value is -7.94. The number of pyridine rings is 1. The lowest BCUT2D eigenvalue weighted by Gasteiger charge is -2.35. The molecule has 0 aliphatic carbocycles. The van der Waals surface area contributed by atoms with Crippen LogP contribution in [0, 0.1) is 6.92 Å². The number of imide groups is 2. The van der Waals surface area contributed by atoms with E-state index in [4.69, 9.17) is 9.72 Å². The quantitative estimate of drug-likeness (QED) is 0.0721. The molecule has 3 N–H and O–H groups in total. The molecule has 2 fully saturated rings. The van der Waals surface area contributed by atoms with Crippen molar-refractivity contribution in [3.63, 3.8) is 0 Å². The van der Waals surface area contributed by atoms with Crippen LogP contribution in [-0.4, -0.2) is 113 Å². The number of alkyl halides is 3. The molecule has 2 saturated heterocycles. The maximum atomic E-state index is 13.8. The predicted molar refractivity (Wildman–Crippen MR) is 256 cm³/mol. The molecule has 1 unspecified atom stereocenters. The minimum Gasteiger partial charge on any atom is -0.493 e. The molecule has 9 rings (SSSR count). The number of hydrogen-bond acceptors (Lipinski definition) is 13. The third-order valence-electron chi connectivity index (χ3n) is 13.0. The van der Waals surface area contributed by atoms with E-state index in [0.29, 0.717) is 40.8 Å². The Balaban J connectivity index is 0.707. The molecule has 0 bridgehead atoms. The van der Waals surface area contributed by atoms with Gasteiger partial charge >= 0.3 is 12.2 Å². The summed E-state index contributed by atoms with van der Waals surface area (Å²) in [7, 11) is 1.60. The molecule has 1 atom stereocenters. The van der Waals surface area contributed by atoms with Crippen LogP contribution in [0.15, 0.2) is 85.2 Å². The number of unbranched alkanes of at least 4 members (excludes halogenated alkanes) is 3. The molecular weight excluding hydrogens is 924 g/mol. The maximum absolute atomic E-state index is 13.8. The third-order valence-corrected chi connectivity index (χ3v) is 13.0. The van der Waals surface area contributed by atoms with Crippen LogP contribution in [-0.2, 0) is 22.3 Å². The molecule has 71 heavy (non-hydrogen) atoms. The smallest absolute Gasteiger partial charge is 0.416 e. The number of hydrogen-bond donors (Lipinski definition) is 3. The summed E-state index contributed by atoms with van der Waals surface area (Å²) >= 11 is 0. The molecule has 3 aromatic carbocycles. The molecule has 368 valence electrons. The third kappa shape index (κ3) is 10.4. The normalized spacial score (nSPS) is 17.3. The molecule has 0 radical (unpaired) electrons. The minimum atomic E-state index is -4.60. The maximum Gasteiger partial charge on any atom is 0.416 e. The largest absolute Gasteiger partial charge is 0.493 e. The van der Waals surface area contributed by atoms with Gasteiger partial charge in [-0.15, -0.1) is 0 Å². The highest BCUT2D eigenvalue weighted by atomic mass is 19.4. The van der Waals surface area contributed by atoms with Crippen LogP contribution in [0.5, 0.6) is 5.75 Å². The molecule has 2 aromatic heterocycles. The second-order valence-electron chi connectivity index (χ2n) is 17.8. The van der Waals surface area contributed by atoms with Crippen molar-refractivity contribution in [1.82, 2.24) is 30.1 Å². The SMILES string of the molecule is Cc1ccc(NC(=O)c2cccc(C(F)(F)F)c2)cc1N1Cc2cnc(Nc3ccc(N4CCN(CCCCCCOc5cccc6c5C(=O)N(C5CCC(=O)NC5=O)C6=O)CC4)nc3)nc2N(C)C1=O. The fourth-order valence-corrected chi connectivity index (χ4v) is 9.13. The number of rotatable bonds is 15. The van der Waals surface area contributed by atoms with Crippen LogP contribution >= 0.6 is 0 Å². The number of aryl methyl sites for hydroxylation is 1. The van der Waals surface area contributed by atoms with E-state index in [0.717, 1.165) is 86.8 Å². The van der Waals surface area contributed by atoms with Crippen LogP contribution in [0.2, 0.25) is 0 Å². The number of piperidine rings is 1. The zero-order valence-corrected chi connectivity index (χ0v) is 38.9. The first kappa shape index (κ1) is 48.1. The van der Waals surface area contributed by atoms with E-state index in [9.17, 15) is 41.9 Å². The van der Waals surface area contributed by atoms with E-state index in [2.05, 4.69) is 35.7 Å². The number of benzene rings is 3. The number of piperazine rings is 1. The van der Waals surface area contributed by atoms with E-state index in [1.54, 1.807) is 55.8 Å². The Morgan fingerprint density at radius 2 is 1.63 bits per heavy atom. The van der Waals surface area contributed by atoms with Crippen LogP contribution in [0.4, 0.5) is 52.6 Å². The lowest BCUT2D eigenvalue weighted by atomic mass is 10.0. The van der Waals surface area contributed by atoms with Gasteiger partial charge in [-0.05, 0) is 92.9 Å². The van der Waals surface area contributed by atoms with Gasteiger partial charge < -0.3 is 20.3 Å². The topological polar surface area (TPSA) is 203 Å². The average molecular weight is 974 g/mol. The highest BCUT2D eigenvalue weighted by Gasteiger charge is 2.46. The van der Waals surface area contributed by atoms with Gasteiger partial charge in [0.1, 0.15) is 23.4 Å². The fraction of sp³-hybridized carbons (Fsp3) is 0.340. The van der Waals surface area contributed by atoms with Gasteiger partial charge in [0.2, 0.25) is 17.8 Å². The highest BCUT2D eigenvalue weighted by molar-refractivity contribution is 6.24. The van der Waals surface area contributed by atoms with Crippen molar-refractivity contribution in [2.24, 2.45) is 0 Å². The molecular formula is C50H50F3N11O7. The summed E-state index contributed by atoms with van der Waals surface area (Å²) in [5.74, 6) is -1.10. The van der Waals surface area contributed by atoms with E-state index in [1.807, 2.05) is 19.1 Å². The van der Waals surface area contributed by atoms with Gasteiger partial charge in [0.15, 0.2) is 0 Å². The average Bonchev–Trinajstić information content (AvgIpc) is 3.61. The van der Waals surface area contributed by atoms with Crippen LogP contribution in [0.1, 0.15) is 86.3 Å². The first-order valence-corrected chi connectivity index (χ1v) is 23.3. The predicted octanol–water partition coefficient (Wildman–Crippen LogP) is 6.93. The number of ether oxygens (including phenoxy) is 1. The zero-order valence-electron chi connectivity index (χ0n) is 38.9. The molecule has 21 heteroatoms. The van der Waals surface area contributed by atoms with Gasteiger partial charge in [0.25, 0.3) is 17.7 Å². The number of anilines is 6. The summed E-state index contributed by atoms with van der Waals surface area (Å²) < 4.78 is 45.8. The summed E-state index contributed by atoms with van der Waals surface area (Å²) in [4.78, 5) is 99.6. The number of amides is 7. The van der Waals surface area contributed by atoms with Crippen LogP contribution in [0.3, 0.4) is 0 Å². The molecule has 0 saturated carbocycles. The van der Waals surface area contributed by atoms with E-state index < -0.39 is 47.3 Å². The molecule has 0 spiro atoms. The fourth-order valence-electron chi connectivity index (χ4n) is 9.13. The van der Waals surface area contributed by atoms with Crippen molar-refractivity contribution in [3.05, 3.63) is 119 Å². The number of halogens is 3. The Morgan fingerprint density at radius 1 is 0.859 bits per heavy atom.